The Morgan fingerprint density at radius 2 is 1.22 bits per heavy atom. The molecule has 0 bridgehead atoms. The monoisotopic (exact) mass is 717 g/mol. The van der Waals surface area contributed by atoms with Crippen LogP contribution in [-0.4, -0.2) is 147 Å². The Labute approximate surface area is 240 Å². The van der Waals surface area contributed by atoms with E-state index in [4.69, 9.17) is 55.7 Å². The van der Waals surface area contributed by atoms with E-state index in [9.17, 15) is 33.3 Å². The van der Waals surface area contributed by atoms with E-state index in [1.807, 2.05) is 0 Å². The summed E-state index contributed by atoms with van der Waals surface area (Å²) in [6.07, 6.45) is -3.65. The SMILES string of the molecule is CO[Si](C)(COCN(CP(=O)(O)O)CP(=O)(O)O)O[Si](COCNCP(=O)(O)O)(OC)O[Si](COCN)(OC)OC. The van der Waals surface area contributed by atoms with Crippen molar-refractivity contribution in [3.05, 3.63) is 0 Å². The van der Waals surface area contributed by atoms with Gasteiger partial charge in [-0.15, -0.1) is 0 Å². The maximum absolute atomic E-state index is 11.4. The number of nitrogens with zero attached hydrogens (tertiary/aromatic N) is 1. The van der Waals surface area contributed by atoms with E-state index in [1.165, 1.54) is 35.0 Å². The fourth-order valence-corrected chi connectivity index (χ4v) is 14.3. The number of nitrogens with two attached hydrogens (primary N) is 1. The average molecular weight is 718 g/mol. The van der Waals surface area contributed by atoms with Crippen molar-refractivity contribution in [3.63, 3.8) is 0 Å². The number of nitrogens with one attached hydrogen (secondary N) is 1. The third kappa shape index (κ3) is 18.9. The highest BCUT2D eigenvalue weighted by Crippen LogP contribution is 2.40. The van der Waals surface area contributed by atoms with Crippen molar-refractivity contribution in [1.29, 1.82) is 0 Å². The van der Waals surface area contributed by atoms with Crippen molar-refractivity contribution in [2.24, 2.45) is 5.73 Å². The molecular weight excluding hydrogens is 675 g/mol. The summed E-state index contributed by atoms with van der Waals surface area (Å²) in [4.78, 5) is 55.8. The molecule has 0 spiro atoms. The Morgan fingerprint density at radius 3 is 1.63 bits per heavy atom. The van der Waals surface area contributed by atoms with Crippen LogP contribution in [0.25, 0.3) is 0 Å². The van der Waals surface area contributed by atoms with Crippen LogP contribution in [0.5, 0.6) is 0 Å². The van der Waals surface area contributed by atoms with E-state index in [0.717, 1.165) is 4.90 Å². The standard InChI is InChI=1S/C14H42N3O18P3Si3/c1-27-39(5,12-33-9-17(10-37(21,22)23)11-38(24,25)26)34-41(30-4,14-32-7-16-8-36(18,19)20)35-40(28-2,29-3)13-31-6-15/h16H,6-15H2,1-5H3,(H2,18,19,20)(H2,21,22,23)(H2,24,25,26). The van der Waals surface area contributed by atoms with Crippen LogP contribution in [0, 0.1) is 0 Å². The van der Waals surface area contributed by atoms with Crippen molar-refractivity contribution in [2.75, 3.05) is 86.2 Å². The van der Waals surface area contributed by atoms with E-state index in [-0.39, 0.29) is 25.9 Å². The van der Waals surface area contributed by atoms with Crippen LogP contribution < -0.4 is 11.1 Å². The molecule has 0 aliphatic heterocycles. The Kier molecular flexibility index (Phi) is 18.8. The third-order valence-electron chi connectivity index (χ3n) is 4.65. The number of hydrogen-bond donors (Lipinski definition) is 8. The molecule has 9 N–H and O–H groups in total. The van der Waals surface area contributed by atoms with Gasteiger partial charge in [0.1, 0.15) is 31.3 Å². The molecule has 0 amide bonds. The molecule has 0 aromatic rings. The third-order valence-corrected chi connectivity index (χ3v) is 16.9. The lowest BCUT2D eigenvalue weighted by molar-refractivity contribution is 0.0245. The van der Waals surface area contributed by atoms with Crippen molar-refractivity contribution in [3.8, 4) is 0 Å². The minimum absolute atomic E-state index is 0.200. The summed E-state index contributed by atoms with van der Waals surface area (Å²) in [5.41, 5.74) is 5.42. The Morgan fingerprint density at radius 1 is 0.707 bits per heavy atom. The molecule has 0 fully saturated rings. The van der Waals surface area contributed by atoms with Crippen LogP contribution in [0.15, 0.2) is 0 Å². The highest BCUT2D eigenvalue weighted by atomic mass is 31.2. The molecular formula is C14H42N3O18P3Si3. The van der Waals surface area contributed by atoms with E-state index in [2.05, 4.69) is 5.32 Å². The second-order valence-corrected chi connectivity index (χ2v) is 22.4. The number of rotatable bonds is 25. The Balaban J connectivity index is 5.93. The molecule has 0 aromatic heterocycles. The predicted molar refractivity (Wildman–Crippen MR) is 146 cm³/mol. The molecule has 21 nitrogen and oxygen atoms in total. The molecule has 27 heteroatoms. The van der Waals surface area contributed by atoms with Gasteiger partial charge in [-0.1, -0.05) is 0 Å². The molecule has 0 saturated carbocycles. The van der Waals surface area contributed by atoms with Gasteiger partial charge >= 0.3 is 49.0 Å². The summed E-state index contributed by atoms with van der Waals surface area (Å²) in [5.74, 6) is 0. The van der Waals surface area contributed by atoms with E-state index < -0.39 is 80.8 Å². The van der Waals surface area contributed by atoms with Gasteiger partial charge in [0, 0.05) is 28.4 Å². The summed E-state index contributed by atoms with van der Waals surface area (Å²) >= 11 is 0. The Bertz CT molecular complexity index is 869. The van der Waals surface area contributed by atoms with Crippen molar-refractivity contribution < 1.29 is 83.2 Å². The first-order valence-electron chi connectivity index (χ1n) is 11.3. The lowest BCUT2D eigenvalue weighted by Gasteiger charge is -2.40. The first-order valence-corrected chi connectivity index (χ1v) is 23.1. The first-order chi connectivity index (χ1) is 18.7. The summed E-state index contributed by atoms with van der Waals surface area (Å²) in [6.45, 7) is 0.341. The molecule has 0 aromatic carbocycles. The van der Waals surface area contributed by atoms with Gasteiger partial charge in [-0.2, -0.15) is 0 Å². The summed E-state index contributed by atoms with van der Waals surface area (Å²) in [6, 6.07) is 0. The van der Waals surface area contributed by atoms with Gasteiger partial charge in [-0.3, -0.25) is 23.9 Å². The van der Waals surface area contributed by atoms with Crippen LogP contribution in [-0.2, 0) is 53.8 Å². The predicted octanol–water partition coefficient (Wildman–Crippen LogP) is -2.65. The van der Waals surface area contributed by atoms with Crippen LogP contribution in [0.4, 0.5) is 0 Å². The number of ether oxygens (including phenoxy) is 3. The summed E-state index contributed by atoms with van der Waals surface area (Å²) in [5, 5.41) is 2.41. The summed E-state index contributed by atoms with van der Waals surface area (Å²) < 4.78 is 84.7. The largest absolute Gasteiger partial charge is 0.520 e. The second-order valence-electron chi connectivity index (χ2n) is 8.36. The van der Waals surface area contributed by atoms with Gasteiger partial charge in [-0.25, -0.2) is 0 Å². The zero-order valence-electron chi connectivity index (χ0n) is 23.3. The van der Waals surface area contributed by atoms with E-state index in [0.29, 0.717) is 0 Å². The van der Waals surface area contributed by atoms with Gasteiger partial charge in [0.25, 0.3) is 0 Å². The average Bonchev–Trinajstić information content (AvgIpc) is 2.83. The normalized spacial score (nSPS) is 16.6. The maximum Gasteiger partial charge on any atom is 0.520 e. The zero-order valence-corrected chi connectivity index (χ0v) is 29.0. The molecule has 0 radical (unpaired) electrons. The lowest BCUT2D eigenvalue weighted by atomic mass is 10.9. The highest BCUT2D eigenvalue weighted by molar-refractivity contribution is 7.52. The maximum atomic E-state index is 11.4. The highest BCUT2D eigenvalue weighted by Gasteiger charge is 2.57. The van der Waals surface area contributed by atoms with Gasteiger partial charge in [0.2, 0.25) is 0 Å². The minimum Gasteiger partial charge on any atom is -0.397 e. The zero-order chi connectivity index (χ0) is 32.0. The minimum atomic E-state index is -4.70. The molecule has 41 heavy (non-hydrogen) atoms. The molecule has 2 atom stereocenters. The smallest absolute Gasteiger partial charge is 0.397 e. The van der Waals surface area contributed by atoms with Gasteiger partial charge < -0.3 is 75.2 Å². The fraction of sp³-hybridized carbons (Fsp3) is 1.00. The van der Waals surface area contributed by atoms with Crippen LogP contribution >= 0.6 is 22.8 Å². The van der Waals surface area contributed by atoms with Gasteiger partial charge in [0.05, 0.1) is 26.4 Å². The molecule has 0 heterocycles. The van der Waals surface area contributed by atoms with Crippen molar-refractivity contribution in [2.45, 2.75) is 6.55 Å². The van der Waals surface area contributed by atoms with Gasteiger partial charge in [-0.05, 0) is 6.55 Å². The Hall–Kier alpha value is 0.621. The van der Waals surface area contributed by atoms with Crippen LogP contribution in [0.2, 0.25) is 6.55 Å². The molecule has 0 aliphatic carbocycles. The molecule has 2 unspecified atom stereocenters. The van der Waals surface area contributed by atoms with Crippen LogP contribution in [0.3, 0.4) is 0 Å². The van der Waals surface area contributed by atoms with E-state index in [1.54, 1.807) is 0 Å². The van der Waals surface area contributed by atoms with Gasteiger partial charge in [0.15, 0.2) is 0 Å². The molecule has 248 valence electrons. The lowest BCUT2D eigenvalue weighted by Crippen LogP contribution is -2.67. The fourth-order valence-electron chi connectivity index (χ4n) is 2.86. The number of hydrogen-bond acceptors (Lipinski definition) is 15. The topological polar surface area (TPSA) is 297 Å². The van der Waals surface area contributed by atoms with E-state index >= 15 is 0 Å². The quantitative estimate of drug-likeness (QED) is 0.0207. The second kappa shape index (κ2) is 18.6. The first kappa shape index (κ1) is 41.6. The van der Waals surface area contributed by atoms with Crippen molar-refractivity contribution >= 4 is 49.0 Å². The molecule has 0 saturated heterocycles. The molecule has 0 aliphatic rings. The van der Waals surface area contributed by atoms with Crippen molar-refractivity contribution in [1.82, 2.24) is 10.2 Å². The van der Waals surface area contributed by atoms with Crippen LogP contribution in [0.1, 0.15) is 0 Å². The molecule has 0 rings (SSSR count). The summed E-state index contributed by atoms with van der Waals surface area (Å²) in [7, 11) is -20.0.